The van der Waals surface area contributed by atoms with E-state index in [1.165, 1.54) is 6.07 Å². The Balaban J connectivity index is 2.55. The zero-order valence-corrected chi connectivity index (χ0v) is 12.0. The van der Waals surface area contributed by atoms with Crippen molar-refractivity contribution >= 4 is 15.9 Å². The first-order chi connectivity index (χ1) is 8.61. The molecule has 0 aliphatic heterocycles. The molecule has 0 spiro atoms. The second-order valence-electron chi connectivity index (χ2n) is 4.30. The van der Waals surface area contributed by atoms with Crippen LogP contribution in [0.15, 0.2) is 40.9 Å². The zero-order chi connectivity index (χ0) is 13.1. The van der Waals surface area contributed by atoms with Crippen molar-refractivity contribution in [2.45, 2.75) is 13.5 Å². The molecule has 94 valence electrons. The fourth-order valence-corrected chi connectivity index (χ4v) is 2.34. The molecule has 0 atom stereocenters. The monoisotopic (exact) mass is 307 g/mol. The lowest BCUT2D eigenvalue weighted by Crippen LogP contribution is -2.05. The van der Waals surface area contributed by atoms with Crippen molar-refractivity contribution in [3.63, 3.8) is 0 Å². The predicted octanol–water partition coefficient (Wildman–Crippen LogP) is 4.28. The maximum atomic E-state index is 13.9. The van der Waals surface area contributed by atoms with E-state index < -0.39 is 0 Å². The summed E-state index contributed by atoms with van der Waals surface area (Å²) in [6.45, 7) is 2.78. The summed E-state index contributed by atoms with van der Waals surface area (Å²) in [5.41, 5.74) is 3.81. The van der Waals surface area contributed by atoms with Crippen LogP contribution in [0.3, 0.4) is 0 Å². The Labute approximate surface area is 115 Å². The van der Waals surface area contributed by atoms with Crippen molar-refractivity contribution in [2.75, 3.05) is 7.05 Å². The minimum absolute atomic E-state index is 0.192. The Kier molecular flexibility index (Phi) is 4.15. The highest BCUT2D eigenvalue weighted by Crippen LogP contribution is 2.29. The molecule has 2 aromatic carbocycles. The molecule has 0 radical (unpaired) electrons. The summed E-state index contributed by atoms with van der Waals surface area (Å²) < 4.78 is 14.8. The molecule has 0 heterocycles. The van der Waals surface area contributed by atoms with Crippen molar-refractivity contribution < 1.29 is 4.39 Å². The van der Waals surface area contributed by atoms with Crippen LogP contribution >= 0.6 is 15.9 Å². The lowest BCUT2D eigenvalue weighted by atomic mass is 9.97. The number of hydrogen-bond donors (Lipinski definition) is 1. The number of hydrogen-bond acceptors (Lipinski definition) is 1. The first-order valence-corrected chi connectivity index (χ1v) is 6.60. The molecule has 18 heavy (non-hydrogen) atoms. The summed E-state index contributed by atoms with van der Waals surface area (Å²) in [7, 11) is 1.90. The molecule has 1 nitrogen and oxygen atoms in total. The maximum absolute atomic E-state index is 13.9. The van der Waals surface area contributed by atoms with Crippen molar-refractivity contribution in [1.82, 2.24) is 5.32 Å². The molecule has 0 saturated carbocycles. The minimum atomic E-state index is -0.192. The lowest BCUT2D eigenvalue weighted by Gasteiger charge is -2.10. The molecule has 0 aliphatic carbocycles. The van der Waals surface area contributed by atoms with Crippen LogP contribution in [-0.4, -0.2) is 7.05 Å². The highest BCUT2D eigenvalue weighted by molar-refractivity contribution is 9.10. The van der Waals surface area contributed by atoms with E-state index in [9.17, 15) is 4.39 Å². The molecule has 1 N–H and O–H groups in total. The predicted molar refractivity (Wildman–Crippen MR) is 77.0 cm³/mol. The first kappa shape index (κ1) is 13.2. The van der Waals surface area contributed by atoms with Crippen molar-refractivity contribution in [1.29, 1.82) is 0 Å². The summed E-state index contributed by atoms with van der Waals surface area (Å²) in [4.78, 5) is 0. The Morgan fingerprint density at radius 1 is 1.11 bits per heavy atom. The van der Waals surface area contributed by atoms with Crippen LogP contribution in [0.1, 0.15) is 11.1 Å². The zero-order valence-electron chi connectivity index (χ0n) is 10.4. The van der Waals surface area contributed by atoms with Gasteiger partial charge in [-0.2, -0.15) is 0 Å². The number of benzene rings is 2. The highest BCUT2D eigenvalue weighted by Gasteiger charge is 2.09. The number of nitrogens with one attached hydrogen (secondary N) is 1. The van der Waals surface area contributed by atoms with Gasteiger partial charge in [-0.15, -0.1) is 0 Å². The van der Waals surface area contributed by atoms with Gasteiger partial charge in [0.1, 0.15) is 5.82 Å². The molecule has 0 bridgehead atoms. The second-order valence-corrected chi connectivity index (χ2v) is 5.22. The van der Waals surface area contributed by atoms with Gasteiger partial charge in [-0.3, -0.25) is 0 Å². The fourth-order valence-electron chi connectivity index (χ4n) is 1.98. The minimum Gasteiger partial charge on any atom is -0.316 e. The van der Waals surface area contributed by atoms with Crippen LogP contribution in [0.2, 0.25) is 0 Å². The Morgan fingerprint density at radius 2 is 1.89 bits per heavy atom. The smallest absolute Gasteiger partial charge is 0.131 e. The van der Waals surface area contributed by atoms with E-state index in [4.69, 9.17) is 0 Å². The molecule has 3 heteroatoms. The Hall–Kier alpha value is -1.19. The average molecular weight is 308 g/mol. The normalized spacial score (nSPS) is 10.7. The van der Waals surface area contributed by atoms with E-state index in [0.717, 1.165) is 27.7 Å². The lowest BCUT2D eigenvalue weighted by molar-refractivity contribution is 0.631. The van der Waals surface area contributed by atoms with E-state index in [1.54, 1.807) is 6.07 Å². The SMILES string of the molecule is CNCc1ccc(C)c(-c2cc(Br)ccc2F)c1. The third-order valence-corrected chi connectivity index (χ3v) is 3.39. The van der Waals surface area contributed by atoms with Gasteiger partial charge in [-0.25, -0.2) is 4.39 Å². The van der Waals surface area contributed by atoms with E-state index in [2.05, 4.69) is 27.3 Å². The van der Waals surface area contributed by atoms with E-state index in [0.29, 0.717) is 5.56 Å². The van der Waals surface area contributed by atoms with Gasteiger partial charge in [0.05, 0.1) is 0 Å². The Bertz CT molecular complexity index is 566. The number of halogens is 2. The van der Waals surface area contributed by atoms with E-state index in [1.807, 2.05) is 32.2 Å². The van der Waals surface area contributed by atoms with Gasteiger partial charge in [-0.1, -0.05) is 28.1 Å². The van der Waals surface area contributed by atoms with E-state index >= 15 is 0 Å². The van der Waals surface area contributed by atoms with Gasteiger partial charge in [0.25, 0.3) is 0 Å². The fraction of sp³-hybridized carbons (Fsp3) is 0.200. The number of aryl methyl sites for hydroxylation is 1. The third kappa shape index (κ3) is 2.79. The van der Waals surface area contributed by atoms with Crippen LogP contribution in [0, 0.1) is 12.7 Å². The number of rotatable bonds is 3. The largest absolute Gasteiger partial charge is 0.316 e. The maximum Gasteiger partial charge on any atom is 0.131 e. The highest BCUT2D eigenvalue weighted by atomic mass is 79.9. The van der Waals surface area contributed by atoms with Crippen LogP contribution in [-0.2, 0) is 6.54 Å². The molecule has 0 unspecified atom stereocenters. The summed E-state index contributed by atoms with van der Waals surface area (Å²) in [5, 5.41) is 3.11. The Morgan fingerprint density at radius 3 is 2.61 bits per heavy atom. The topological polar surface area (TPSA) is 12.0 Å². The molecular formula is C15H15BrFN. The quantitative estimate of drug-likeness (QED) is 0.892. The van der Waals surface area contributed by atoms with Gasteiger partial charge in [0.2, 0.25) is 0 Å². The van der Waals surface area contributed by atoms with Gasteiger partial charge in [0.15, 0.2) is 0 Å². The second kappa shape index (κ2) is 5.63. The molecule has 0 amide bonds. The van der Waals surface area contributed by atoms with Crippen LogP contribution in [0.5, 0.6) is 0 Å². The molecule has 0 aliphatic rings. The van der Waals surface area contributed by atoms with Crippen LogP contribution < -0.4 is 5.32 Å². The molecule has 2 aromatic rings. The summed E-state index contributed by atoms with van der Waals surface area (Å²) in [6.07, 6.45) is 0. The van der Waals surface area contributed by atoms with Crippen LogP contribution in [0.25, 0.3) is 11.1 Å². The summed E-state index contributed by atoms with van der Waals surface area (Å²) >= 11 is 3.39. The van der Waals surface area contributed by atoms with Gasteiger partial charge >= 0.3 is 0 Å². The molecule has 0 saturated heterocycles. The third-order valence-electron chi connectivity index (χ3n) is 2.90. The van der Waals surface area contributed by atoms with Crippen molar-refractivity contribution in [3.8, 4) is 11.1 Å². The van der Waals surface area contributed by atoms with Gasteiger partial charge in [-0.05, 0) is 54.9 Å². The molecule has 0 fully saturated rings. The summed E-state index contributed by atoms with van der Waals surface area (Å²) in [6, 6.07) is 11.2. The first-order valence-electron chi connectivity index (χ1n) is 5.81. The molecule has 2 rings (SSSR count). The molecule has 0 aromatic heterocycles. The van der Waals surface area contributed by atoms with Gasteiger partial charge < -0.3 is 5.32 Å². The van der Waals surface area contributed by atoms with Gasteiger partial charge in [0, 0.05) is 16.6 Å². The summed E-state index contributed by atoms with van der Waals surface area (Å²) in [5.74, 6) is -0.192. The average Bonchev–Trinajstić information content (AvgIpc) is 2.35. The van der Waals surface area contributed by atoms with Crippen LogP contribution in [0.4, 0.5) is 4.39 Å². The standard InChI is InChI=1S/C15H15BrFN/c1-10-3-4-11(9-18-2)7-13(10)14-8-12(16)5-6-15(14)17/h3-8,18H,9H2,1-2H3. The molecular weight excluding hydrogens is 293 g/mol. The van der Waals surface area contributed by atoms with E-state index in [-0.39, 0.29) is 5.82 Å². The van der Waals surface area contributed by atoms with Crippen molar-refractivity contribution in [2.24, 2.45) is 0 Å². The van der Waals surface area contributed by atoms with Crippen molar-refractivity contribution in [3.05, 3.63) is 57.8 Å².